The number of aliphatic carboxylic acids is 1. The number of imide groups is 1. The number of halogens is 1. The fourth-order valence-corrected chi connectivity index (χ4v) is 3.70. The second kappa shape index (κ2) is 9.23. The van der Waals surface area contributed by atoms with Crippen molar-refractivity contribution in [3.05, 3.63) is 58.0 Å². The van der Waals surface area contributed by atoms with Crippen LogP contribution in [0.1, 0.15) is 19.4 Å². The molecule has 0 radical (unpaired) electrons. The Bertz CT molecular complexity index is 1040. The number of carboxylic acid groups (broad SMARTS) is 1. The summed E-state index contributed by atoms with van der Waals surface area (Å²) in [6, 6.07) is 11.3. The Kier molecular flexibility index (Phi) is 6.69. The van der Waals surface area contributed by atoms with Gasteiger partial charge in [0.25, 0.3) is 11.1 Å². The van der Waals surface area contributed by atoms with Gasteiger partial charge >= 0.3 is 5.97 Å². The van der Waals surface area contributed by atoms with Gasteiger partial charge in [-0.15, -0.1) is 0 Å². The fourth-order valence-electron chi connectivity index (χ4n) is 2.68. The van der Waals surface area contributed by atoms with E-state index in [1.807, 2.05) is 0 Å². The van der Waals surface area contributed by atoms with Crippen molar-refractivity contribution in [3.8, 4) is 11.5 Å². The maximum atomic E-state index is 12.8. The van der Waals surface area contributed by atoms with Crippen LogP contribution in [0.25, 0.3) is 6.08 Å². The summed E-state index contributed by atoms with van der Waals surface area (Å²) in [6.07, 6.45) is 0.520. The quantitative estimate of drug-likeness (QED) is 0.607. The highest BCUT2D eigenvalue weighted by Crippen LogP contribution is 2.37. The molecule has 1 unspecified atom stereocenters. The van der Waals surface area contributed by atoms with Gasteiger partial charge in [0.1, 0.15) is 0 Å². The second-order valence-electron chi connectivity index (χ2n) is 6.23. The third-order valence-electron chi connectivity index (χ3n) is 4.08. The Morgan fingerprint density at radius 1 is 1.23 bits per heavy atom. The molecular formula is C21H18ClNO6S. The minimum absolute atomic E-state index is 0.245. The molecule has 3 rings (SSSR count). The SMILES string of the molecule is CCOc1cc(/C=C2/SC(=O)N(c3cccc(Cl)c3)C2=O)ccc1OC(C)C(=O)O. The van der Waals surface area contributed by atoms with Crippen LogP contribution in [0.4, 0.5) is 10.5 Å². The second-order valence-corrected chi connectivity index (χ2v) is 7.66. The minimum atomic E-state index is -1.10. The summed E-state index contributed by atoms with van der Waals surface area (Å²) in [5.41, 5.74) is 1.00. The number of anilines is 1. The zero-order chi connectivity index (χ0) is 21.8. The first-order valence-corrected chi connectivity index (χ1v) is 10.2. The largest absolute Gasteiger partial charge is 0.490 e. The molecule has 9 heteroatoms. The molecule has 2 aromatic rings. The molecule has 0 spiro atoms. The van der Waals surface area contributed by atoms with Crippen molar-refractivity contribution < 1.29 is 29.0 Å². The van der Waals surface area contributed by atoms with E-state index in [-0.39, 0.29) is 10.7 Å². The Morgan fingerprint density at radius 2 is 2.00 bits per heavy atom. The van der Waals surface area contributed by atoms with Gasteiger partial charge in [-0.3, -0.25) is 9.59 Å². The lowest BCUT2D eigenvalue weighted by molar-refractivity contribution is -0.144. The lowest BCUT2D eigenvalue weighted by atomic mass is 10.1. The van der Waals surface area contributed by atoms with Gasteiger partial charge in [0.15, 0.2) is 17.6 Å². The Morgan fingerprint density at radius 3 is 2.67 bits per heavy atom. The highest BCUT2D eigenvalue weighted by atomic mass is 35.5. The van der Waals surface area contributed by atoms with Crippen LogP contribution in [-0.4, -0.2) is 34.9 Å². The molecule has 0 aromatic heterocycles. The number of benzene rings is 2. The maximum Gasteiger partial charge on any atom is 0.344 e. The molecule has 0 bridgehead atoms. The van der Waals surface area contributed by atoms with Crippen molar-refractivity contribution in [1.29, 1.82) is 0 Å². The van der Waals surface area contributed by atoms with Gasteiger partial charge < -0.3 is 14.6 Å². The van der Waals surface area contributed by atoms with Crippen LogP contribution in [0.5, 0.6) is 11.5 Å². The summed E-state index contributed by atoms with van der Waals surface area (Å²) >= 11 is 6.79. The van der Waals surface area contributed by atoms with E-state index in [1.165, 1.54) is 6.92 Å². The monoisotopic (exact) mass is 447 g/mol. The van der Waals surface area contributed by atoms with Gasteiger partial charge in [-0.2, -0.15) is 0 Å². The molecule has 7 nitrogen and oxygen atoms in total. The molecule has 1 atom stereocenters. The number of carboxylic acids is 1. The van der Waals surface area contributed by atoms with Crippen molar-refractivity contribution in [2.75, 3.05) is 11.5 Å². The molecule has 1 N–H and O–H groups in total. The van der Waals surface area contributed by atoms with Gasteiger partial charge in [-0.1, -0.05) is 23.7 Å². The van der Waals surface area contributed by atoms with Crippen LogP contribution < -0.4 is 14.4 Å². The minimum Gasteiger partial charge on any atom is -0.490 e. The lowest BCUT2D eigenvalue weighted by Crippen LogP contribution is -2.27. The standard InChI is InChI=1S/C21H18ClNO6S/c1-3-28-17-9-13(7-8-16(17)29-12(2)20(25)26)10-18-19(24)23(21(27)30-18)15-6-4-5-14(22)11-15/h4-12H,3H2,1-2H3,(H,25,26)/b18-10+. The summed E-state index contributed by atoms with van der Waals surface area (Å²) in [6.45, 7) is 3.54. The first-order chi connectivity index (χ1) is 14.3. The first-order valence-electron chi connectivity index (χ1n) is 9.00. The van der Waals surface area contributed by atoms with Crippen LogP contribution >= 0.6 is 23.4 Å². The number of carbonyl (C=O) groups is 3. The predicted octanol–water partition coefficient (Wildman–Crippen LogP) is 4.83. The van der Waals surface area contributed by atoms with Crippen molar-refractivity contribution in [1.82, 2.24) is 0 Å². The van der Waals surface area contributed by atoms with Gasteiger partial charge in [0.05, 0.1) is 17.2 Å². The van der Waals surface area contributed by atoms with Crippen LogP contribution in [-0.2, 0) is 9.59 Å². The number of ether oxygens (including phenoxy) is 2. The molecule has 0 aliphatic carbocycles. The van der Waals surface area contributed by atoms with E-state index in [0.29, 0.717) is 28.6 Å². The third kappa shape index (κ3) is 4.77. The van der Waals surface area contributed by atoms with E-state index in [0.717, 1.165) is 16.7 Å². The number of carbonyl (C=O) groups excluding carboxylic acids is 2. The summed E-state index contributed by atoms with van der Waals surface area (Å²) in [7, 11) is 0. The average molecular weight is 448 g/mol. The molecule has 1 aliphatic heterocycles. The van der Waals surface area contributed by atoms with Crippen molar-refractivity contribution in [3.63, 3.8) is 0 Å². The molecule has 1 heterocycles. The van der Waals surface area contributed by atoms with E-state index in [9.17, 15) is 14.4 Å². The van der Waals surface area contributed by atoms with Crippen LogP contribution in [0.2, 0.25) is 5.02 Å². The molecule has 2 amide bonds. The van der Waals surface area contributed by atoms with E-state index in [4.69, 9.17) is 26.2 Å². The smallest absolute Gasteiger partial charge is 0.344 e. The number of thioether (sulfide) groups is 1. The molecule has 1 aliphatic rings. The van der Waals surface area contributed by atoms with E-state index in [2.05, 4.69) is 0 Å². The van der Waals surface area contributed by atoms with Crippen LogP contribution in [0.15, 0.2) is 47.4 Å². The average Bonchev–Trinajstić information content (AvgIpc) is 2.97. The Hall–Kier alpha value is -2.97. The summed E-state index contributed by atoms with van der Waals surface area (Å²) in [4.78, 5) is 37.5. The van der Waals surface area contributed by atoms with E-state index in [1.54, 1.807) is 55.5 Å². The molecule has 30 heavy (non-hydrogen) atoms. The topological polar surface area (TPSA) is 93.1 Å². The normalized spacial score (nSPS) is 16.1. The highest BCUT2D eigenvalue weighted by Gasteiger charge is 2.36. The molecule has 156 valence electrons. The van der Waals surface area contributed by atoms with Gasteiger partial charge in [0, 0.05) is 5.02 Å². The number of hydrogen-bond acceptors (Lipinski definition) is 6. The van der Waals surface area contributed by atoms with Gasteiger partial charge in [-0.25, -0.2) is 9.69 Å². The first kappa shape index (κ1) is 21.7. The van der Waals surface area contributed by atoms with Crippen molar-refractivity contribution in [2.24, 2.45) is 0 Å². The number of rotatable bonds is 7. The number of nitrogens with zero attached hydrogens (tertiary/aromatic N) is 1. The summed E-state index contributed by atoms with van der Waals surface area (Å²) in [5.74, 6) is -0.939. The Balaban J connectivity index is 1.89. The van der Waals surface area contributed by atoms with E-state index >= 15 is 0 Å². The fraction of sp³-hybridized carbons (Fsp3) is 0.190. The maximum absolute atomic E-state index is 12.8. The highest BCUT2D eigenvalue weighted by molar-refractivity contribution is 8.19. The zero-order valence-electron chi connectivity index (χ0n) is 16.1. The molecule has 1 fully saturated rings. The summed E-state index contributed by atoms with van der Waals surface area (Å²) in [5, 5.41) is 9.04. The molecule has 1 saturated heterocycles. The Labute approximate surface area is 182 Å². The van der Waals surface area contributed by atoms with Crippen molar-refractivity contribution in [2.45, 2.75) is 20.0 Å². The van der Waals surface area contributed by atoms with Gasteiger partial charge in [-0.05, 0) is 67.6 Å². The molecule has 0 saturated carbocycles. The third-order valence-corrected chi connectivity index (χ3v) is 5.18. The summed E-state index contributed by atoms with van der Waals surface area (Å²) < 4.78 is 11.0. The zero-order valence-corrected chi connectivity index (χ0v) is 17.7. The van der Waals surface area contributed by atoms with Gasteiger partial charge in [0.2, 0.25) is 0 Å². The molecule has 2 aromatic carbocycles. The number of amides is 2. The van der Waals surface area contributed by atoms with Crippen LogP contribution in [0, 0.1) is 0 Å². The van der Waals surface area contributed by atoms with Crippen molar-refractivity contribution >= 4 is 52.2 Å². The predicted molar refractivity (Wildman–Crippen MR) is 115 cm³/mol. The lowest BCUT2D eigenvalue weighted by Gasteiger charge is -2.15. The van der Waals surface area contributed by atoms with E-state index < -0.39 is 23.2 Å². The number of hydrogen-bond donors (Lipinski definition) is 1. The van der Waals surface area contributed by atoms with Crippen LogP contribution in [0.3, 0.4) is 0 Å². The molecular weight excluding hydrogens is 430 g/mol.